The number of hydrogen-bond acceptors (Lipinski definition) is 5. The topological polar surface area (TPSA) is 107 Å². The van der Waals surface area contributed by atoms with Gasteiger partial charge in [0.2, 0.25) is 0 Å². The molecule has 0 heterocycles. The van der Waals surface area contributed by atoms with Crippen LogP contribution in [0, 0.1) is 10.1 Å². The lowest BCUT2D eigenvalue weighted by Crippen LogP contribution is -2.40. The van der Waals surface area contributed by atoms with E-state index in [1.54, 1.807) is 12.1 Å². The Hall–Kier alpha value is -0.630. The molecule has 1 aromatic carbocycles. The van der Waals surface area contributed by atoms with E-state index < -0.39 is 4.92 Å². The molecule has 0 saturated heterocycles. The Morgan fingerprint density at radius 2 is 1.67 bits per heavy atom. The number of nitro benzene ring substituents is 1. The van der Waals surface area contributed by atoms with Gasteiger partial charge in [0.15, 0.2) is 0 Å². The van der Waals surface area contributed by atoms with E-state index in [2.05, 4.69) is 5.32 Å². The number of rotatable bonds is 7. The van der Waals surface area contributed by atoms with Crippen molar-refractivity contribution in [3.63, 3.8) is 0 Å². The Bertz CT molecular complexity index is 391. The largest absolute Gasteiger partial charge is 0.327 e. The molecule has 0 amide bonds. The van der Waals surface area contributed by atoms with Gasteiger partial charge < -0.3 is 16.8 Å². The van der Waals surface area contributed by atoms with Gasteiger partial charge in [0.1, 0.15) is 0 Å². The Labute approximate surface area is 143 Å². The first kappa shape index (κ1) is 25.3. The zero-order valence-corrected chi connectivity index (χ0v) is 14.2. The van der Waals surface area contributed by atoms with Gasteiger partial charge in [-0.3, -0.25) is 10.1 Å². The van der Waals surface area contributed by atoms with E-state index in [4.69, 9.17) is 11.5 Å². The van der Waals surface area contributed by atoms with Crippen LogP contribution in [-0.4, -0.2) is 30.1 Å². The maximum Gasteiger partial charge on any atom is 0.269 e. The van der Waals surface area contributed by atoms with Crippen molar-refractivity contribution in [3.8, 4) is 0 Å². The van der Waals surface area contributed by atoms with E-state index in [9.17, 15) is 10.1 Å². The molecule has 0 fully saturated rings. The number of nitro groups is 1. The van der Waals surface area contributed by atoms with Crippen molar-refractivity contribution in [2.45, 2.75) is 25.4 Å². The predicted molar refractivity (Wildman–Crippen MR) is 93.0 cm³/mol. The SMILES string of the molecule is CC(N)CNCC(N)Cc1ccc([N+](=O)[O-])cc1.Cl.Cl.Cl. The lowest BCUT2D eigenvalue weighted by molar-refractivity contribution is -0.384. The average Bonchev–Trinajstić information content (AvgIpc) is 2.29. The molecule has 1 aromatic rings. The molecule has 0 saturated carbocycles. The van der Waals surface area contributed by atoms with Crippen LogP contribution in [0.1, 0.15) is 12.5 Å². The van der Waals surface area contributed by atoms with E-state index >= 15 is 0 Å². The van der Waals surface area contributed by atoms with Gasteiger partial charge >= 0.3 is 0 Å². The third kappa shape index (κ3) is 10.7. The number of nitrogens with one attached hydrogen (secondary N) is 1. The molecule has 0 radical (unpaired) electrons. The summed E-state index contributed by atoms with van der Waals surface area (Å²) in [6.45, 7) is 3.33. The van der Waals surface area contributed by atoms with Gasteiger partial charge in [-0.05, 0) is 18.9 Å². The third-order valence-corrected chi connectivity index (χ3v) is 2.52. The van der Waals surface area contributed by atoms with Crippen LogP contribution >= 0.6 is 37.2 Å². The van der Waals surface area contributed by atoms with Gasteiger partial charge in [0.05, 0.1) is 4.92 Å². The van der Waals surface area contributed by atoms with Gasteiger partial charge in [-0.25, -0.2) is 0 Å². The van der Waals surface area contributed by atoms with Crippen molar-refractivity contribution >= 4 is 42.9 Å². The monoisotopic (exact) mass is 360 g/mol. The fraction of sp³-hybridized carbons (Fsp3) is 0.500. The average molecular weight is 362 g/mol. The first-order chi connectivity index (χ1) is 8.49. The molecule has 0 aliphatic carbocycles. The number of hydrogen-bond donors (Lipinski definition) is 3. The standard InChI is InChI=1S/C12H20N4O2.3ClH/c1-9(13)7-15-8-11(14)6-10-2-4-12(5-3-10)16(17)18;;;/h2-5,9,11,15H,6-8,13-14H2,1H3;3*1H. The summed E-state index contributed by atoms with van der Waals surface area (Å²) in [5, 5.41) is 13.7. The van der Waals surface area contributed by atoms with Crippen molar-refractivity contribution in [1.82, 2.24) is 5.32 Å². The molecule has 1 rings (SSSR count). The smallest absolute Gasteiger partial charge is 0.269 e. The summed E-state index contributed by atoms with van der Waals surface area (Å²) in [5.74, 6) is 0. The second-order valence-electron chi connectivity index (χ2n) is 4.52. The molecule has 0 bridgehead atoms. The molecule has 2 atom stereocenters. The highest BCUT2D eigenvalue weighted by molar-refractivity contribution is 5.86. The lowest BCUT2D eigenvalue weighted by atomic mass is 10.1. The highest BCUT2D eigenvalue weighted by atomic mass is 35.5. The highest BCUT2D eigenvalue weighted by Gasteiger charge is 2.07. The summed E-state index contributed by atoms with van der Waals surface area (Å²) < 4.78 is 0. The van der Waals surface area contributed by atoms with Crippen LogP contribution in [0.4, 0.5) is 5.69 Å². The lowest BCUT2D eigenvalue weighted by Gasteiger charge is -2.14. The zero-order chi connectivity index (χ0) is 13.5. The van der Waals surface area contributed by atoms with Crippen LogP contribution in [-0.2, 0) is 6.42 Å². The summed E-state index contributed by atoms with van der Waals surface area (Å²) in [4.78, 5) is 10.1. The second kappa shape index (κ2) is 13.1. The normalized spacial score (nSPS) is 12.1. The van der Waals surface area contributed by atoms with Crippen molar-refractivity contribution in [2.75, 3.05) is 13.1 Å². The van der Waals surface area contributed by atoms with Gasteiger partial charge in [-0.1, -0.05) is 12.1 Å². The number of nitrogens with zero attached hydrogens (tertiary/aromatic N) is 1. The van der Waals surface area contributed by atoms with Gasteiger partial charge in [0.25, 0.3) is 5.69 Å². The van der Waals surface area contributed by atoms with Crippen molar-refractivity contribution in [2.24, 2.45) is 11.5 Å². The molecule has 6 nitrogen and oxygen atoms in total. The Kier molecular flexibility index (Phi) is 15.8. The fourth-order valence-electron chi connectivity index (χ4n) is 1.63. The van der Waals surface area contributed by atoms with E-state index in [0.717, 1.165) is 12.1 Å². The molecule has 0 aliphatic heterocycles. The third-order valence-electron chi connectivity index (χ3n) is 2.52. The molecule has 0 spiro atoms. The quantitative estimate of drug-likeness (QED) is 0.506. The van der Waals surface area contributed by atoms with Gasteiger partial charge in [-0.2, -0.15) is 0 Å². The number of benzene rings is 1. The molecular weight excluding hydrogens is 339 g/mol. The minimum Gasteiger partial charge on any atom is -0.327 e. The van der Waals surface area contributed by atoms with Crippen LogP contribution in [0.25, 0.3) is 0 Å². The van der Waals surface area contributed by atoms with E-state index in [0.29, 0.717) is 13.0 Å². The summed E-state index contributed by atoms with van der Waals surface area (Å²) >= 11 is 0. The molecule has 5 N–H and O–H groups in total. The van der Waals surface area contributed by atoms with Crippen molar-refractivity contribution in [3.05, 3.63) is 39.9 Å². The first-order valence-corrected chi connectivity index (χ1v) is 5.94. The maximum absolute atomic E-state index is 10.5. The summed E-state index contributed by atoms with van der Waals surface area (Å²) in [6.07, 6.45) is 0.684. The number of halogens is 3. The van der Waals surface area contributed by atoms with Crippen LogP contribution in [0.3, 0.4) is 0 Å². The summed E-state index contributed by atoms with van der Waals surface area (Å²) in [5.41, 5.74) is 12.7. The van der Waals surface area contributed by atoms with Crippen molar-refractivity contribution < 1.29 is 4.92 Å². The molecular formula is C12H23Cl3N4O2. The fourth-order valence-corrected chi connectivity index (χ4v) is 1.63. The molecule has 9 heteroatoms. The van der Waals surface area contributed by atoms with Crippen LogP contribution in [0.15, 0.2) is 24.3 Å². The van der Waals surface area contributed by atoms with E-state index in [-0.39, 0.29) is 55.0 Å². The molecule has 0 aliphatic rings. The molecule has 124 valence electrons. The Morgan fingerprint density at radius 3 is 2.10 bits per heavy atom. The van der Waals surface area contributed by atoms with Gasteiger partial charge in [-0.15, -0.1) is 37.2 Å². The van der Waals surface area contributed by atoms with Crippen molar-refractivity contribution in [1.29, 1.82) is 0 Å². The maximum atomic E-state index is 10.5. The van der Waals surface area contributed by atoms with E-state index in [1.165, 1.54) is 12.1 Å². The predicted octanol–water partition coefficient (Wildman–Crippen LogP) is 1.67. The highest BCUT2D eigenvalue weighted by Crippen LogP contribution is 2.12. The van der Waals surface area contributed by atoms with E-state index in [1.807, 2.05) is 6.92 Å². The zero-order valence-electron chi connectivity index (χ0n) is 11.7. The van der Waals surface area contributed by atoms with Crippen LogP contribution in [0.5, 0.6) is 0 Å². The minimum atomic E-state index is -0.409. The number of non-ortho nitro benzene ring substituents is 1. The Balaban J connectivity index is -0.00000108. The summed E-state index contributed by atoms with van der Waals surface area (Å²) in [7, 11) is 0. The molecule has 2 unspecified atom stereocenters. The Morgan fingerprint density at radius 1 is 1.14 bits per heavy atom. The minimum absolute atomic E-state index is 0. The number of nitrogens with two attached hydrogens (primary N) is 2. The molecule has 21 heavy (non-hydrogen) atoms. The van der Waals surface area contributed by atoms with Crippen LogP contribution in [0.2, 0.25) is 0 Å². The second-order valence-corrected chi connectivity index (χ2v) is 4.52. The summed E-state index contributed by atoms with van der Waals surface area (Å²) in [6, 6.07) is 6.56. The first-order valence-electron chi connectivity index (χ1n) is 5.94. The van der Waals surface area contributed by atoms with Crippen LogP contribution < -0.4 is 16.8 Å². The van der Waals surface area contributed by atoms with Gasteiger partial charge in [0, 0.05) is 37.3 Å². The molecule has 0 aromatic heterocycles.